The topological polar surface area (TPSA) is 111 Å². The fourth-order valence-corrected chi connectivity index (χ4v) is 5.13. The Morgan fingerprint density at radius 1 is 0.860 bits per heavy atom. The minimum atomic E-state index is -0.928. The molecule has 0 saturated carbocycles. The molecule has 0 aliphatic carbocycles. The molecule has 10 heteroatoms. The molecule has 0 amide bonds. The number of benzene rings is 2. The van der Waals surface area contributed by atoms with Crippen LogP contribution in [0.25, 0.3) is 22.2 Å². The van der Waals surface area contributed by atoms with E-state index in [9.17, 15) is 9.90 Å². The summed E-state index contributed by atoms with van der Waals surface area (Å²) in [6.07, 6.45) is 4.93. The zero-order valence-electron chi connectivity index (χ0n) is 26.2. The number of unbranched alkanes of at least 4 members (excludes halogenated alkanes) is 1. The van der Waals surface area contributed by atoms with Crippen LogP contribution in [0.5, 0.6) is 0 Å². The van der Waals surface area contributed by atoms with Crippen molar-refractivity contribution >= 4 is 28.6 Å². The molecule has 43 heavy (non-hydrogen) atoms. The summed E-state index contributed by atoms with van der Waals surface area (Å²) in [4.78, 5) is 21.3. The summed E-state index contributed by atoms with van der Waals surface area (Å²) in [5.74, 6) is 1.54. The Labute approximate surface area is 255 Å². The number of hydrogen-bond donors (Lipinski definition) is 3. The number of carboxylic acid groups (broad SMARTS) is 1. The Bertz CT molecular complexity index is 1480. The van der Waals surface area contributed by atoms with E-state index < -0.39 is 5.97 Å². The Kier molecular flexibility index (Phi) is 11.5. The second-order valence-electron chi connectivity index (χ2n) is 11.5. The first kappa shape index (κ1) is 31.9. The predicted octanol–water partition coefficient (Wildman–Crippen LogP) is 5.31. The van der Waals surface area contributed by atoms with E-state index in [4.69, 9.17) is 4.98 Å². The Morgan fingerprint density at radius 2 is 1.49 bits per heavy atom. The maximum Gasteiger partial charge on any atom is 0.336 e. The van der Waals surface area contributed by atoms with E-state index >= 15 is 0 Å². The van der Waals surface area contributed by atoms with Crippen molar-refractivity contribution in [1.29, 1.82) is 0 Å². The van der Waals surface area contributed by atoms with Crippen molar-refractivity contribution in [2.75, 3.05) is 65.0 Å². The minimum Gasteiger partial charge on any atom is -0.478 e. The molecular weight excluding hydrogens is 540 g/mol. The van der Waals surface area contributed by atoms with Gasteiger partial charge >= 0.3 is 5.97 Å². The first-order valence-electron chi connectivity index (χ1n) is 15.2. The van der Waals surface area contributed by atoms with Crippen LogP contribution in [0.4, 0.5) is 11.6 Å². The van der Waals surface area contributed by atoms with Gasteiger partial charge in [-0.3, -0.25) is 0 Å². The number of rotatable bonds is 17. The van der Waals surface area contributed by atoms with Gasteiger partial charge in [0.2, 0.25) is 0 Å². The molecule has 2 aromatic carbocycles. The highest BCUT2D eigenvalue weighted by molar-refractivity contribution is 5.96. The normalized spacial score (nSPS) is 11.5. The van der Waals surface area contributed by atoms with Crippen LogP contribution in [-0.2, 0) is 13.0 Å². The maximum absolute atomic E-state index is 11.8. The van der Waals surface area contributed by atoms with E-state index in [-0.39, 0.29) is 0 Å². The average Bonchev–Trinajstić information content (AvgIpc) is 3.35. The van der Waals surface area contributed by atoms with E-state index in [2.05, 4.69) is 82.4 Å². The molecule has 0 fully saturated rings. The van der Waals surface area contributed by atoms with Crippen LogP contribution < -0.4 is 10.6 Å². The van der Waals surface area contributed by atoms with Crippen LogP contribution in [0.15, 0.2) is 48.5 Å². The van der Waals surface area contributed by atoms with Gasteiger partial charge in [-0.05, 0) is 83.3 Å². The molecule has 10 nitrogen and oxygen atoms in total. The standard InChI is InChI=1S/C33H46N8O2/c1-6-7-14-28-36-29-30(32(35-20-11-22-40(4)5)38-37-31(29)34-19-10-21-39(2)3)41(28)23-24-15-17-25(18-16-24)26-12-8-9-13-27(26)33(42)43/h8-9,12-13,15-18H,6-7,10-11,14,19-23H2,1-5H3,(H,34,37)(H,35,38)(H,42,43). The molecule has 0 saturated heterocycles. The number of hydrogen-bond acceptors (Lipinski definition) is 8. The summed E-state index contributed by atoms with van der Waals surface area (Å²) in [7, 11) is 8.31. The van der Waals surface area contributed by atoms with Gasteiger partial charge in [-0.25, -0.2) is 9.78 Å². The van der Waals surface area contributed by atoms with Crippen LogP contribution in [-0.4, -0.2) is 95.0 Å². The van der Waals surface area contributed by atoms with Gasteiger partial charge in [0.05, 0.1) is 5.56 Å². The molecule has 3 N–H and O–H groups in total. The van der Waals surface area contributed by atoms with Crippen molar-refractivity contribution in [2.24, 2.45) is 0 Å². The number of carbonyl (C=O) groups is 1. The van der Waals surface area contributed by atoms with Crippen LogP contribution in [0.3, 0.4) is 0 Å². The number of nitrogens with zero attached hydrogens (tertiary/aromatic N) is 6. The summed E-state index contributed by atoms with van der Waals surface area (Å²) >= 11 is 0. The summed E-state index contributed by atoms with van der Waals surface area (Å²) in [5.41, 5.74) is 4.79. The molecule has 0 aliphatic rings. The lowest BCUT2D eigenvalue weighted by Gasteiger charge is -2.15. The lowest BCUT2D eigenvalue weighted by molar-refractivity contribution is 0.0697. The SMILES string of the molecule is CCCCc1nc2c(NCCCN(C)C)nnc(NCCCN(C)C)c2n1Cc1ccc(-c2ccccc2C(=O)O)cc1. The second-order valence-corrected chi connectivity index (χ2v) is 11.5. The number of aromatic nitrogens is 4. The molecule has 0 atom stereocenters. The number of fused-ring (bicyclic) bond motifs is 1. The molecule has 0 radical (unpaired) electrons. The largest absolute Gasteiger partial charge is 0.478 e. The van der Waals surface area contributed by atoms with Crippen molar-refractivity contribution in [3.63, 3.8) is 0 Å². The van der Waals surface area contributed by atoms with Crippen LogP contribution in [0.1, 0.15) is 54.4 Å². The van der Waals surface area contributed by atoms with Gasteiger partial charge in [-0.1, -0.05) is 55.8 Å². The number of anilines is 2. The predicted molar refractivity (Wildman–Crippen MR) is 175 cm³/mol. The van der Waals surface area contributed by atoms with Gasteiger partial charge in [0, 0.05) is 26.1 Å². The summed E-state index contributed by atoms with van der Waals surface area (Å²) in [6, 6.07) is 15.3. The van der Waals surface area contributed by atoms with Gasteiger partial charge < -0.3 is 30.1 Å². The Morgan fingerprint density at radius 3 is 2.12 bits per heavy atom. The molecule has 0 bridgehead atoms. The number of aromatic carboxylic acids is 1. The fourth-order valence-electron chi connectivity index (χ4n) is 5.13. The third-order valence-electron chi connectivity index (χ3n) is 7.41. The van der Waals surface area contributed by atoms with Gasteiger partial charge in [-0.15, -0.1) is 10.2 Å². The van der Waals surface area contributed by atoms with Gasteiger partial charge in [0.1, 0.15) is 16.9 Å². The monoisotopic (exact) mass is 586 g/mol. The zero-order chi connectivity index (χ0) is 30.8. The molecule has 4 rings (SSSR count). The van der Waals surface area contributed by atoms with E-state index in [1.807, 2.05) is 24.3 Å². The van der Waals surface area contributed by atoms with E-state index in [1.165, 1.54) is 0 Å². The minimum absolute atomic E-state index is 0.298. The molecule has 0 spiro atoms. The first-order valence-corrected chi connectivity index (χ1v) is 15.2. The number of nitrogens with one attached hydrogen (secondary N) is 2. The molecular formula is C33H46N8O2. The second kappa shape index (κ2) is 15.5. The van der Waals surface area contributed by atoms with Gasteiger partial charge in [0.25, 0.3) is 0 Å². The maximum atomic E-state index is 11.8. The quantitative estimate of drug-likeness (QED) is 0.142. The molecule has 4 aromatic rings. The van der Waals surface area contributed by atoms with E-state index in [1.54, 1.807) is 12.1 Å². The van der Waals surface area contributed by atoms with Crippen molar-refractivity contribution in [3.05, 3.63) is 65.5 Å². The highest BCUT2D eigenvalue weighted by Crippen LogP contribution is 2.30. The van der Waals surface area contributed by atoms with Crippen LogP contribution >= 0.6 is 0 Å². The summed E-state index contributed by atoms with van der Waals surface area (Å²) in [6.45, 7) is 6.35. The van der Waals surface area contributed by atoms with Gasteiger partial charge in [-0.2, -0.15) is 0 Å². The lowest BCUT2D eigenvalue weighted by Crippen LogP contribution is -2.18. The average molecular weight is 587 g/mol. The summed E-state index contributed by atoms with van der Waals surface area (Å²) < 4.78 is 2.28. The van der Waals surface area contributed by atoms with Crippen molar-refractivity contribution < 1.29 is 9.90 Å². The fraction of sp³-hybridized carbons (Fsp3) is 0.455. The zero-order valence-corrected chi connectivity index (χ0v) is 26.2. The molecule has 2 heterocycles. The Hall–Kier alpha value is -4.02. The highest BCUT2D eigenvalue weighted by Gasteiger charge is 2.20. The molecule has 0 unspecified atom stereocenters. The number of aryl methyl sites for hydroxylation is 1. The van der Waals surface area contributed by atoms with Crippen molar-refractivity contribution in [3.8, 4) is 11.1 Å². The number of imidazole rings is 1. The number of carboxylic acids is 1. The van der Waals surface area contributed by atoms with Gasteiger partial charge in [0.15, 0.2) is 11.6 Å². The van der Waals surface area contributed by atoms with Crippen molar-refractivity contribution in [1.82, 2.24) is 29.5 Å². The molecule has 2 aromatic heterocycles. The lowest BCUT2D eigenvalue weighted by atomic mass is 9.99. The van der Waals surface area contributed by atoms with E-state index in [0.29, 0.717) is 23.5 Å². The molecule has 230 valence electrons. The third-order valence-corrected chi connectivity index (χ3v) is 7.41. The van der Waals surface area contributed by atoms with Crippen LogP contribution in [0, 0.1) is 0 Å². The van der Waals surface area contributed by atoms with Crippen molar-refractivity contribution in [2.45, 2.75) is 45.6 Å². The first-order chi connectivity index (χ1) is 20.8. The highest BCUT2D eigenvalue weighted by atomic mass is 16.4. The summed E-state index contributed by atoms with van der Waals surface area (Å²) in [5, 5.41) is 25.9. The smallest absolute Gasteiger partial charge is 0.336 e. The third kappa shape index (κ3) is 8.52. The van der Waals surface area contributed by atoms with Crippen LogP contribution in [0.2, 0.25) is 0 Å². The Balaban J connectivity index is 1.70. The molecule has 0 aliphatic heterocycles. The van der Waals surface area contributed by atoms with E-state index in [0.717, 1.165) is 92.1 Å².